The minimum Gasteiger partial charge on any atom is -0.445 e. The Hall–Kier alpha value is -3.33. The van der Waals surface area contributed by atoms with Gasteiger partial charge in [0.2, 0.25) is 0 Å². The SMILES string of the molecule is O=C(NCCC#Cc1ccccc1[N+](=O)[O-])OCc1ccccc1. The van der Waals surface area contributed by atoms with Crippen molar-refractivity contribution in [3.63, 3.8) is 0 Å². The summed E-state index contributed by atoms with van der Waals surface area (Å²) in [5.41, 5.74) is 1.23. The fourth-order valence-electron chi connectivity index (χ4n) is 1.90. The summed E-state index contributed by atoms with van der Waals surface area (Å²) in [7, 11) is 0. The molecular formula is C18H16N2O4. The number of para-hydroxylation sites is 1. The van der Waals surface area contributed by atoms with E-state index in [1.807, 2.05) is 30.3 Å². The van der Waals surface area contributed by atoms with Crippen LogP contribution in [0.5, 0.6) is 0 Å². The van der Waals surface area contributed by atoms with Crippen molar-refractivity contribution in [3.8, 4) is 11.8 Å². The number of carbonyl (C=O) groups is 1. The number of nitrogens with zero attached hydrogens (tertiary/aromatic N) is 1. The highest BCUT2D eigenvalue weighted by Crippen LogP contribution is 2.15. The van der Waals surface area contributed by atoms with E-state index < -0.39 is 11.0 Å². The zero-order chi connectivity index (χ0) is 17.2. The van der Waals surface area contributed by atoms with E-state index in [1.165, 1.54) is 6.07 Å². The van der Waals surface area contributed by atoms with Gasteiger partial charge in [-0.2, -0.15) is 0 Å². The van der Waals surface area contributed by atoms with Crippen molar-refractivity contribution in [1.82, 2.24) is 5.32 Å². The van der Waals surface area contributed by atoms with Crippen LogP contribution in [-0.2, 0) is 11.3 Å². The molecule has 0 aliphatic carbocycles. The van der Waals surface area contributed by atoms with Crippen LogP contribution in [0.4, 0.5) is 10.5 Å². The molecule has 0 saturated carbocycles. The van der Waals surface area contributed by atoms with E-state index in [9.17, 15) is 14.9 Å². The molecule has 0 aromatic heterocycles. The van der Waals surface area contributed by atoms with Crippen molar-refractivity contribution in [1.29, 1.82) is 0 Å². The first-order valence-corrected chi connectivity index (χ1v) is 7.33. The van der Waals surface area contributed by atoms with Gasteiger partial charge in [0.1, 0.15) is 12.2 Å². The number of benzene rings is 2. The molecule has 0 spiro atoms. The van der Waals surface area contributed by atoms with Crippen LogP contribution >= 0.6 is 0 Å². The third-order valence-corrected chi connectivity index (χ3v) is 3.06. The van der Waals surface area contributed by atoms with Gasteiger partial charge in [-0.15, -0.1) is 0 Å². The zero-order valence-corrected chi connectivity index (χ0v) is 12.9. The first kappa shape index (κ1) is 17.0. The second-order valence-electron chi connectivity index (χ2n) is 4.81. The van der Waals surface area contributed by atoms with Gasteiger partial charge in [0.15, 0.2) is 0 Å². The first-order valence-electron chi connectivity index (χ1n) is 7.33. The minimum atomic E-state index is -0.522. The van der Waals surface area contributed by atoms with Crippen LogP contribution in [0.3, 0.4) is 0 Å². The van der Waals surface area contributed by atoms with E-state index in [1.54, 1.807) is 18.2 Å². The first-order chi connectivity index (χ1) is 11.7. The molecule has 2 aromatic rings. The van der Waals surface area contributed by atoms with E-state index in [-0.39, 0.29) is 12.3 Å². The van der Waals surface area contributed by atoms with Gasteiger partial charge in [0.05, 0.1) is 4.92 Å². The van der Waals surface area contributed by atoms with Gasteiger partial charge in [0, 0.05) is 19.0 Å². The van der Waals surface area contributed by atoms with Gasteiger partial charge in [-0.1, -0.05) is 54.3 Å². The van der Waals surface area contributed by atoms with Crippen molar-refractivity contribution >= 4 is 11.8 Å². The van der Waals surface area contributed by atoms with Gasteiger partial charge in [-0.05, 0) is 11.6 Å². The fraction of sp³-hybridized carbons (Fsp3) is 0.167. The molecule has 1 N–H and O–H groups in total. The monoisotopic (exact) mass is 324 g/mol. The smallest absolute Gasteiger partial charge is 0.407 e. The van der Waals surface area contributed by atoms with Crippen molar-refractivity contribution in [2.24, 2.45) is 0 Å². The molecule has 0 heterocycles. The molecule has 0 radical (unpaired) electrons. The number of rotatable bonds is 5. The quantitative estimate of drug-likeness (QED) is 0.396. The standard InChI is InChI=1S/C18H16N2O4/c21-18(24-14-15-8-2-1-3-9-15)19-13-7-6-11-16-10-4-5-12-17(16)20(22)23/h1-5,8-10,12H,7,13-14H2,(H,19,21). The van der Waals surface area contributed by atoms with Crippen molar-refractivity contribution < 1.29 is 14.5 Å². The molecule has 0 saturated heterocycles. The Morgan fingerprint density at radius 2 is 1.83 bits per heavy atom. The molecule has 6 nitrogen and oxygen atoms in total. The molecule has 122 valence electrons. The summed E-state index contributed by atoms with van der Waals surface area (Å²) in [6, 6.07) is 15.6. The van der Waals surface area contributed by atoms with Crippen molar-refractivity contribution in [3.05, 3.63) is 75.8 Å². The second kappa shape index (κ2) is 8.96. The maximum absolute atomic E-state index is 11.5. The third-order valence-electron chi connectivity index (χ3n) is 3.06. The summed E-state index contributed by atoms with van der Waals surface area (Å²) in [6.07, 6.45) is -0.154. The van der Waals surface area contributed by atoms with E-state index in [0.717, 1.165) is 5.56 Å². The van der Waals surface area contributed by atoms with E-state index in [2.05, 4.69) is 17.2 Å². The van der Waals surface area contributed by atoms with Gasteiger partial charge in [-0.3, -0.25) is 10.1 Å². The molecule has 1 amide bonds. The molecule has 6 heteroatoms. The number of hydrogen-bond donors (Lipinski definition) is 1. The average Bonchev–Trinajstić information content (AvgIpc) is 2.61. The van der Waals surface area contributed by atoms with E-state index >= 15 is 0 Å². The number of hydrogen-bond acceptors (Lipinski definition) is 4. The lowest BCUT2D eigenvalue weighted by atomic mass is 10.2. The summed E-state index contributed by atoms with van der Waals surface area (Å²) >= 11 is 0. The number of ether oxygens (including phenoxy) is 1. The topological polar surface area (TPSA) is 81.5 Å². The number of nitro benzene ring substituents is 1. The Balaban J connectivity index is 1.74. The lowest BCUT2D eigenvalue weighted by Crippen LogP contribution is -2.24. The molecule has 0 bridgehead atoms. The summed E-state index contributed by atoms with van der Waals surface area (Å²) in [6.45, 7) is 0.510. The van der Waals surface area contributed by atoms with Crippen LogP contribution in [0.25, 0.3) is 0 Å². The highest BCUT2D eigenvalue weighted by atomic mass is 16.6. The Bertz CT molecular complexity index is 763. The highest BCUT2D eigenvalue weighted by molar-refractivity contribution is 5.67. The number of alkyl carbamates (subject to hydrolysis) is 1. The molecular weight excluding hydrogens is 308 g/mol. The van der Waals surface area contributed by atoms with Crippen LogP contribution in [0.1, 0.15) is 17.5 Å². The molecule has 24 heavy (non-hydrogen) atoms. The fourth-order valence-corrected chi connectivity index (χ4v) is 1.90. The van der Waals surface area contributed by atoms with Crippen molar-refractivity contribution in [2.75, 3.05) is 6.54 Å². The molecule has 2 rings (SSSR count). The molecule has 0 fully saturated rings. The number of carbonyl (C=O) groups excluding carboxylic acids is 1. The molecule has 0 aliphatic rings. The summed E-state index contributed by atoms with van der Waals surface area (Å²) in [4.78, 5) is 21.9. The maximum Gasteiger partial charge on any atom is 0.407 e. The minimum absolute atomic E-state index is 0.0276. The zero-order valence-electron chi connectivity index (χ0n) is 12.9. The Morgan fingerprint density at radius 1 is 1.12 bits per heavy atom. The normalized spacial score (nSPS) is 9.50. The molecule has 0 unspecified atom stereocenters. The van der Waals surface area contributed by atoms with Crippen molar-refractivity contribution in [2.45, 2.75) is 13.0 Å². The number of amides is 1. The van der Waals surface area contributed by atoms with Crippen LogP contribution in [0, 0.1) is 22.0 Å². The van der Waals surface area contributed by atoms with E-state index in [0.29, 0.717) is 18.5 Å². The van der Waals surface area contributed by atoms with Gasteiger partial charge >= 0.3 is 6.09 Å². The average molecular weight is 324 g/mol. The summed E-state index contributed by atoms with van der Waals surface area (Å²) in [5.74, 6) is 5.54. The predicted molar refractivity (Wildman–Crippen MR) is 89.2 cm³/mol. The molecule has 0 aliphatic heterocycles. The van der Waals surface area contributed by atoms with Crippen LogP contribution in [0.2, 0.25) is 0 Å². The molecule has 0 atom stereocenters. The van der Waals surface area contributed by atoms with Gasteiger partial charge < -0.3 is 10.1 Å². The maximum atomic E-state index is 11.5. The third kappa shape index (κ3) is 5.46. The summed E-state index contributed by atoms with van der Waals surface area (Å²) in [5, 5.41) is 13.4. The van der Waals surface area contributed by atoms with Crippen LogP contribution in [-0.4, -0.2) is 17.6 Å². The van der Waals surface area contributed by atoms with Crippen LogP contribution < -0.4 is 5.32 Å². The van der Waals surface area contributed by atoms with Gasteiger partial charge in [-0.25, -0.2) is 4.79 Å². The second-order valence-corrected chi connectivity index (χ2v) is 4.81. The summed E-state index contributed by atoms with van der Waals surface area (Å²) < 4.78 is 5.06. The van der Waals surface area contributed by atoms with Gasteiger partial charge in [0.25, 0.3) is 5.69 Å². The highest BCUT2D eigenvalue weighted by Gasteiger charge is 2.09. The predicted octanol–water partition coefficient (Wildman–Crippen LogP) is 3.26. The van der Waals surface area contributed by atoms with E-state index in [4.69, 9.17) is 4.74 Å². The Morgan fingerprint density at radius 3 is 2.58 bits per heavy atom. The Kier molecular flexibility index (Phi) is 6.35. The largest absolute Gasteiger partial charge is 0.445 e. The lowest BCUT2D eigenvalue weighted by molar-refractivity contribution is -0.385. The molecule has 2 aromatic carbocycles. The number of nitro groups is 1. The number of nitrogens with one attached hydrogen (secondary N) is 1. The lowest BCUT2D eigenvalue weighted by Gasteiger charge is -2.05. The Labute approximate surface area is 139 Å². The van der Waals surface area contributed by atoms with Crippen LogP contribution in [0.15, 0.2) is 54.6 Å².